The molecule has 0 saturated carbocycles. The van der Waals surface area contributed by atoms with Crippen molar-refractivity contribution in [3.63, 3.8) is 0 Å². The second-order valence-electron chi connectivity index (χ2n) is 4.01. The van der Waals surface area contributed by atoms with E-state index in [0.29, 0.717) is 0 Å². The van der Waals surface area contributed by atoms with Gasteiger partial charge < -0.3 is 9.88 Å². The number of nitrogens with one attached hydrogen (secondary N) is 1. The Labute approximate surface area is 107 Å². The molecule has 0 radical (unpaired) electrons. The minimum absolute atomic E-state index is 0.769. The highest BCUT2D eigenvalue weighted by Crippen LogP contribution is 2.20. The molecule has 0 fully saturated rings. The Morgan fingerprint density at radius 1 is 1.35 bits per heavy atom. The number of hydrogen-bond acceptors (Lipinski definition) is 2. The fourth-order valence-electron chi connectivity index (χ4n) is 2.07. The summed E-state index contributed by atoms with van der Waals surface area (Å²) in [6.45, 7) is 7.14. The van der Waals surface area contributed by atoms with Gasteiger partial charge in [-0.25, -0.2) is 4.98 Å². The molecule has 1 aromatic heterocycles. The Morgan fingerprint density at radius 3 is 2.88 bits per heavy atom. The normalized spacial score (nSPS) is 11.2. The third-order valence-corrected chi connectivity index (χ3v) is 3.12. The maximum Gasteiger partial charge on any atom is 0.111 e. The van der Waals surface area contributed by atoms with Crippen molar-refractivity contribution in [3.05, 3.63) is 29.0 Å². The Morgan fingerprint density at radius 2 is 2.18 bits per heavy atom. The summed E-state index contributed by atoms with van der Waals surface area (Å²) < 4.78 is 2.23. The monoisotopic (exact) mass is 251 g/mol. The van der Waals surface area contributed by atoms with E-state index in [2.05, 4.69) is 28.7 Å². The van der Waals surface area contributed by atoms with Gasteiger partial charge >= 0.3 is 0 Å². The highest BCUT2D eigenvalue weighted by molar-refractivity contribution is 6.31. The molecular weight excluding hydrogens is 234 g/mol. The summed E-state index contributed by atoms with van der Waals surface area (Å²) in [5, 5.41) is 4.09. The van der Waals surface area contributed by atoms with Gasteiger partial charge in [-0.15, -0.1) is 0 Å². The molecule has 0 unspecified atom stereocenters. The first-order valence-corrected chi connectivity index (χ1v) is 6.49. The number of aryl methyl sites for hydroxylation is 1. The van der Waals surface area contributed by atoms with Crippen LogP contribution in [0.3, 0.4) is 0 Å². The van der Waals surface area contributed by atoms with Crippen molar-refractivity contribution in [2.45, 2.75) is 26.8 Å². The molecule has 0 aliphatic heterocycles. The lowest BCUT2D eigenvalue weighted by atomic mass is 10.3. The van der Waals surface area contributed by atoms with Crippen LogP contribution in [0.2, 0.25) is 5.02 Å². The average molecular weight is 252 g/mol. The maximum atomic E-state index is 6.03. The van der Waals surface area contributed by atoms with Gasteiger partial charge in [0.2, 0.25) is 0 Å². The van der Waals surface area contributed by atoms with Crippen LogP contribution >= 0.6 is 11.6 Å². The largest absolute Gasteiger partial charge is 0.328 e. The minimum Gasteiger partial charge on any atom is -0.328 e. The summed E-state index contributed by atoms with van der Waals surface area (Å²) in [4.78, 5) is 4.66. The molecule has 3 nitrogen and oxygen atoms in total. The molecule has 1 N–H and O–H groups in total. The molecule has 0 amide bonds. The van der Waals surface area contributed by atoms with Gasteiger partial charge in [-0.05, 0) is 31.7 Å². The first kappa shape index (κ1) is 12.4. The Hall–Kier alpha value is -1.06. The molecule has 1 aromatic carbocycles. The van der Waals surface area contributed by atoms with Gasteiger partial charge in [0.15, 0.2) is 0 Å². The lowest BCUT2D eigenvalue weighted by Crippen LogP contribution is -2.18. The third-order valence-electron chi connectivity index (χ3n) is 2.88. The lowest BCUT2D eigenvalue weighted by molar-refractivity contribution is 0.655. The second-order valence-corrected chi connectivity index (χ2v) is 4.45. The van der Waals surface area contributed by atoms with Crippen LogP contribution in [0.15, 0.2) is 18.2 Å². The second kappa shape index (κ2) is 5.52. The summed E-state index contributed by atoms with van der Waals surface area (Å²) in [5.41, 5.74) is 2.16. The number of imidazole rings is 1. The standard InChI is InChI=1S/C13H18ClN3/c1-3-15-8-7-13-16-11-6-5-10(14)9-12(11)17(13)4-2/h5-6,9,15H,3-4,7-8H2,1-2H3. The van der Waals surface area contributed by atoms with Crippen LogP contribution in [0.25, 0.3) is 11.0 Å². The number of rotatable bonds is 5. The molecule has 0 atom stereocenters. The molecule has 0 bridgehead atoms. The minimum atomic E-state index is 0.769. The predicted octanol–water partition coefficient (Wildman–Crippen LogP) is 2.86. The highest BCUT2D eigenvalue weighted by atomic mass is 35.5. The zero-order valence-electron chi connectivity index (χ0n) is 10.3. The van der Waals surface area contributed by atoms with Crippen molar-refractivity contribution in [1.82, 2.24) is 14.9 Å². The van der Waals surface area contributed by atoms with Gasteiger partial charge in [0.25, 0.3) is 0 Å². The van der Waals surface area contributed by atoms with Crippen LogP contribution in [0.4, 0.5) is 0 Å². The van der Waals surface area contributed by atoms with Gasteiger partial charge in [-0.3, -0.25) is 0 Å². The van der Waals surface area contributed by atoms with E-state index < -0.39 is 0 Å². The fraction of sp³-hybridized carbons (Fsp3) is 0.462. The Bertz CT molecular complexity index is 505. The van der Waals surface area contributed by atoms with Crippen LogP contribution in [0.1, 0.15) is 19.7 Å². The van der Waals surface area contributed by atoms with Crippen molar-refractivity contribution in [2.75, 3.05) is 13.1 Å². The maximum absolute atomic E-state index is 6.03. The van der Waals surface area contributed by atoms with E-state index in [1.165, 1.54) is 0 Å². The van der Waals surface area contributed by atoms with Gasteiger partial charge in [-0.1, -0.05) is 18.5 Å². The molecule has 0 saturated heterocycles. The van der Waals surface area contributed by atoms with Crippen molar-refractivity contribution >= 4 is 22.6 Å². The number of nitrogens with zero attached hydrogens (tertiary/aromatic N) is 2. The molecule has 92 valence electrons. The van der Waals surface area contributed by atoms with Crippen LogP contribution in [-0.2, 0) is 13.0 Å². The van der Waals surface area contributed by atoms with Crippen molar-refractivity contribution < 1.29 is 0 Å². The number of halogens is 1. The topological polar surface area (TPSA) is 29.9 Å². The first-order valence-electron chi connectivity index (χ1n) is 6.11. The summed E-state index contributed by atoms with van der Waals surface area (Å²) >= 11 is 6.03. The van der Waals surface area contributed by atoms with Gasteiger partial charge in [0, 0.05) is 24.5 Å². The van der Waals surface area contributed by atoms with Crippen LogP contribution in [-0.4, -0.2) is 22.6 Å². The molecule has 2 aromatic rings. The molecule has 4 heteroatoms. The smallest absolute Gasteiger partial charge is 0.111 e. The zero-order chi connectivity index (χ0) is 12.3. The molecule has 2 rings (SSSR count). The number of aromatic nitrogens is 2. The molecule has 0 aliphatic rings. The molecule has 1 heterocycles. The van der Waals surface area contributed by atoms with Crippen molar-refractivity contribution in [3.8, 4) is 0 Å². The van der Waals surface area contributed by atoms with E-state index >= 15 is 0 Å². The summed E-state index contributed by atoms with van der Waals surface area (Å²) in [6, 6.07) is 5.87. The van der Waals surface area contributed by atoms with Gasteiger partial charge in [0.1, 0.15) is 5.82 Å². The Balaban J connectivity index is 2.35. The predicted molar refractivity (Wildman–Crippen MR) is 72.7 cm³/mol. The molecular formula is C13H18ClN3. The number of fused-ring (bicyclic) bond motifs is 1. The molecule has 0 spiro atoms. The van der Waals surface area contributed by atoms with E-state index in [1.54, 1.807) is 0 Å². The summed E-state index contributed by atoms with van der Waals surface area (Å²) in [5.74, 6) is 1.13. The lowest BCUT2D eigenvalue weighted by Gasteiger charge is -2.06. The van der Waals surface area contributed by atoms with E-state index in [1.807, 2.05) is 18.2 Å². The number of likely N-dealkylation sites (N-methyl/N-ethyl adjacent to an activating group) is 1. The van der Waals surface area contributed by atoms with E-state index in [0.717, 1.165) is 47.9 Å². The SMILES string of the molecule is CCNCCc1nc2ccc(Cl)cc2n1CC. The van der Waals surface area contributed by atoms with Gasteiger partial charge in [0.05, 0.1) is 11.0 Å². The number of benzene rings is 1. The fourth-order valence-corrected chi connectivity index (χ4v) is 2.23. The quantitative estimate of drug-likeness (QED) is 0.829. The van der Waals surface area contributed by atoms with E-state index in [-0.39, 0.29) is 0 Å². The average Bonchev–Trinajstić information content (AvgIpc) is 2.66. The third kappa shape index (κ3) is 2.61. The summed E-state index contributed by atoms with van der Waals surface area (Å²) in [7, 11) is 0. The van der Waals surface area contributed by atoms with Crippen LogP contribution in [0, 0.1) is 0 Å². The van der Waals surface area contributed by atoms with Crippen LogP contribution in [0.5, 0.6) is 0 Å². The zero-order valence-corrected chi connectivity index (χ0v) is 11.1. The first-order chi connectivity index (χ1) is 8.26. The van der Waals surface area contributed by atoms with Gasteiger partial charge in [-0.2, -0.15) is 0 Å². The molecule has 17 heavy (non-hydrogen) atoms. The van der Waals surface area contributed by atoms with Crippen molar-refractivity contribution in [1.29, 1.82) is 0 Å². The highest BCUT2D eigenvalue weighted by Gasteiger charge is 2.09. The van der Waals surface area contributed by atoms with Crippen LogP contribution < -0.4 is 5.32 Å². The van der Waals surface area contributed by atoms with E-state index in [9.17, 15) is 0 Å². The summed E-state index contributed by atoms with van der Waals surface area (Å²) in [6.07, 6.45) is 0.952. The van der Waals surface area contributed by atoms with E-state index in [4.69, 9.17) is 11.6 Å². The number of hydrogen-bond donors (Lipinski definition) is 1. The molecule has 0 aliphatic carbocycles. The Kier molecular flexibility index (Phi) is 4.02. The van der Waals surface area contributed by atoms with Crippen molar-refractivity contribution in [2.24, 2.45) is 0 Å².